The smallest absolute Gasteiger partial charge is 0.297 e. The second-order valence-electron chi connectivity index (χ2n) is 4.81. The zero-order chi connectivity index (χ0) is 13.0. The van der Waals surface area contributed by atoms with Crippen molar-refractivity contribution in [2.24, 2.45) is 0 Å². The Hall–Kier alpha value is -0.680. The van der Waals surface area contributed by atoms with Gasteiger partial charge in [0.25, 0.3) is 6.01 Å². The van der Waals surface area contributed by atoms with Gasteiger partial charge in [-0.2, -0.15) is 16.7 Å². The van der Waals surface area contributed by atoms with Crippen LogP contribution in [0.2, 0.25) is 0 Å². The van der Waals surface area contributed by atoms with Gasteiger partial charge in [-0.25, -0.2) is 0 Å². The number of hydrogen-bond donors (Lipinski definition) is 1. The first-order chi connectivity index (χ1) is 8.72. The first-order valence-corrected chi connectivity index (χ1v) is 7.80. The van der Waals surface area contributed by atoms with Crippen molar-refractivity contribution in [1.82, 2.24) is 10.3 Å². The standard InChI is InChI=1S/C13H23N3OS/c1-4-5-14-8-12-9-17-13(15-12)16-6-7-18-11(3)10(16)2/h9-11,14H,4-8H2,1-3H3. The van der Waals surface area contributed by atoms with Gasteiger partial charge in [-0.15, -0.1) is 0 Å². The third-order valence-corrected chi connectivity index (χ3v) is 4.74. The van der Waals surface area contributed by atoms with E-state index in [0.29, 0.717) is 11.3 Å². The molecule has 0 aliphatic carbocycles. The number of hydrogen-bond acceptors (Lipinski definition) is 5. The predicted molar refractivity (Wildman–Crippen MR) is 77.2 cm³/mol. The molecule has 0 amide bonds. The summed E-state index contributed by atoms with van der Waals surface area (Å²) in [6.07, 6.45) is 2.92. The largest absolute Gasteiger partial charge is 0.432 e. The fourth-order valence-electron chi connectivity index (χ4n) is 2.11. The molecule has 0 aromatic carbocycles. The summed E-state index contributed by atoms with van der Waals surface area (Å²) in [5.41, 5.74) is 0.997. The van der Waals surface area contributed by atoms with Crippen molar-refractivity contribution in [3.05, 3.63) is 12.0 Å². The summed E-state index contributed by atoms with van der Waals surface area (Å²) in [6.45, 7) is 9.53. The Labute approximate surface area is 114 Å². The number of nitrogens with zero attached hydrogens (tertiary/aromatic N) is 2. The van der Waals surface area contributed by atoms with Crippen LogP contribution < -0.4 is 10.2 Å². The van der Waals surface area contributed by atoms with Crippen LogP contribution in [0.3, 0.4) is 0 Å². The minimum atomic E-state index is 0.485. The van der Waals surface area contributed by atoms with Crippen LogP contribution in [-0.4, -0.2) is 35.1 Å². The van der Waals surface area contributed by atoms with Crippen LogP contribution in [0.15, 0.2) is 10.7 Å². The molecule has 1 aliphatic rings. The molecule has 2 heterocycles. The number of aromatic nitrogens is 1. The highest BCUT2D eigenvalue weighted by atomic mass is 32.2. The van der Waals surface area contributed by atoms with Crippen molar-refractivity contribution in [2.75, 3.05) is 23.7 Å². The third-order valence-electron chi connectivity index (χ3n) is 3.40. The fourth-order valence-corrected chi connectivity index (χ4v) is 3.21. The van der Waals surface area contributed by atoms with Gasteiger partial charge < -0.3 is 14.6 Å². The van der Waals surface area contributed by atoms with Crippen molar-refractivity contribution in [3.8, 4) is 0 Å². The van der Waals surface area contributed by atoms with Crippen molar-refractivity contribution >= 4 is 17.8 Å². The average Bonchev–Trinajstić information content (AvgIpc) is 2.82. The van der Waals surface area contributed by atoms with Crippen LogP contribution in [0.5, 0.6) is 0 Å². The fraction of sp³-hybridized carbons (Fsp3) is 0.769. The Kier molecular flexibility index (Phi) is 4.95. The van der Waals surface area contributed by atoms with Crippen LogP contribution in [0.1, 0.15) is 32.9 Å². The van der Waals surface area contributed by atoms with Crippen LogP contribution in [0, 0.1) is 0 Å². The predicted octanol–water partition coefficient (Wildman–Crippen LogP) is 2.50. The van der Waals surface area contributed by atoms with E-state index in [1.54, 1.807) is 6.26 Å². The maximum absolute atomic E-state index is 5.62. The highest BCUT2D eigenvalue weighted by Crippen LogP contribution is 2.28. The summed E-state index contributed by atoms with van der Waals surface area (Å²) in [7, 11) is 0. The van der Waals surface area contributed by atoms with Gasteiger partial charge >= 0.3 is 0 Å². The molecule has 18 heavy (non-hydrogen) atoms. The molecule has 2 rings (SSSR count). The van der Waals surface area contributed by atoms with E-state index in [1.165, 1.54) is 0 Å². The zero-order valence-electron chi connectivity index (χ0n) is 11.5. The Morgan fingerprint density at radius 2 is 2.39 bits per heavy atom. The van der Waals surface area contributed by atoms with E-state index in [9.17, 15) is 0 Å². The summed E-state index contributed by atoms with van der Waals surface area (Å²) in [5.74, 6) is 1.15. The average molecular weight is 269 g/mol. The first-order valence-electron chi connectivity index (χ1n) is 6.75. The maximum Gasteiger partial charge on any atom is 0.297 e. The van der Waals surface area contributed by atoms with E-state index in [-0.39, 0.29) is 0 Å². The molecule has 4 nitrogen and oxygen atoms in total. The second kappa shape index (κ2) is 6.48. The quantitative estimate of drug-likeness (QED) is 0.832. The molecule has 0 spiro atoms. The normalized spacial score (nSPS) is 24.5. The number of nitrogens with one attached hydrogen (secondary N) is 1. The van der Waals surface area contributed by atoms with E-state index in [2.05, 4.69) is 36.0 Å². The monoisotopic (exact) mass is 269 g/mol. The number of oxazole rings is 1. The van der Waals surface area contributed by atoms with Crippen molar-refractivity contribution < 1.29 is 4.42 Å². The summed E-state index contributed by atoms with van der Waals surface area (Å²) in [4.78, 5) is 6.86. The maximum atomic E-state index is 5.62. The second-order valence-corrected chi connectivity index (χ2v) is 6.29. The molecule has 102 valence electrons. The van der Waals surface area contributed by atoms with Gasteiger partial charge in [0.15, 0.2) is 0 Å². The molecule has 1 saturated heterocycles. The molecule has 5 heteroatoms. The SMILES string of the molecule is CCCNCc1coc(N2CCSC(C)C2C)n1. The van der Waals surface area contributed by atoms with Crippen molar-refractivity contribution in [3.63, 3.8) is 0 Å². The Bertz CT molecular complexity index is 369. The zero-order valence-corrected chi connectivity index (χ0v) is 12.3. The molecule has 1 aromatic heterocycles. The lowest BCUT2D eigenvalue weighted by molar-refractivity contribution is 0.499. The molecular formula is C13H23N3OS. The van der Waals surface area contributed by atoms with Gasteiger partial charge in [-0.05, 0) is 19.9 Å². The van der Waals surface area contributed by atoms with E-state index < -0.39 is 0 Å². The Morgan fingerprint density at radius 3 is 3.17 bits per heavy atom. The van der Waals surface area contributed by atoms with Crippen LogP contribution in [0.4, 0.5) is 6.01 Å². The Morgan fingerprint density at radius 1 is 1.56 bits per heavy atom. The Balaban J connectivity index is 1.96. The van der Waals surface area contributed by atoms with Gasteiger partial charge in [0, 0.05) is 30.1 Å². The van der Waals surface area contributed by atoms with Gasteiger partial charge in [-0.1, -0.05) is 13.8 Å². The first kappa shape index (κ1) is 13.7. The molecule has 0 saturated carbocycles. The summed E-state index contributed by atoms with van der Waals surface area (Å²) in [5, 5.41) is 3.97. The molecular weight excluding hydrogens is 246 g/mol. The topological polar surface area (TPSA) is 41.3 Å². The van der Waals surface area contributed by atoms with Gasteiger partial charge in [-0.3, -0.25) is 0 Å². The van der Waals surface area contributed by atoms with E-state index >= 15 is 0 Å². The summed E-state index contributed by atoms with van der Waals surface area (Å²) >= 11 is 2.02. The molecule has 1 fully saturated rings. The van der Waals surface area contributed by atoms with Crippen molar-refractivity contribution in [1.29, 1.82) is 0 Å². The minimum absolute atomic E-state index is 0.485. The van der Waals surface area contributed by atoms with Gasteiger partial charge in [0.05, 0.1) is 5.69 Å². The minimum Gasteiger partial charge on any atom is -0.432 e. The van der Waals surface area contributed by atoms with E-state index in [4.69, 9.17) is 4.42 Å². The lowest BCUT2D eigenvalue weighted by Gasteiger charge is -2.36. The van der Waals surface area contributed by atoms with Crippen LogP contribution >= 0.6 is 11.8 Å². The van der Waals surface area contributed by atoms with Crippen LogP contribution in [-0.2, 0) is 6.54 Å². The summed E-state index contributed by atoms with van der Waals surface area (Å²) in [6, 6.07) is 1.27. The van der Waals surface area contributed by atoms with Crippen LogP contribution in [0.25, 0.3) is 0 Å². The highest BCUT2D eigenvalue weighted by molar-refractivity contribution is 8.00. The summed E-state index contributed by atoms with van der Waals surface area (Å²) < 4.78 is 5.62. The van der Waals surface area contributed by atoms with E-state index in [1.807, 2.05) is 11.8 Å². The number of rotatable bonds is 5. The molecule has 0 bridgehead atoms. The van der Waals surface area contributed by atoms with E-state index in [0.717, 1.165) is 43.5 Å². The van der Waals surface area contributed by atoms with Crippen molar-refractivity contribution in [2.45, 2.75) is 45.0 Å². The van der Waals surface area contributed by atoms with Gasteiger partial charge in [0.1, 0.15) is 6.26 Å². The number of thioether (sulfide) groups is 1. The molecule has 1 N–H and O–H groups in total. The molecule has 2 atom stereocenters. The highest BCUT2D eigenvalue weighted by Gasteiger charge is 2.28. The molecule has 2 unspecified atom stereocenters. The number of anilines is 1. The lowest BCUT2D eigenvalue weighted by Crippen LogP contribution is -2.44. The molecule has 1 aliphatic heterocycles. The van der Waals surface area contributed by atoms with Gasteiger partial charge in [0.2, 0.25) is 0 Å². The molecule has 0 radical (unpaired) electrons. The third kappa shape index (κ3) is 3.20. The lowest BCUT2D eigenvalue weighted by atomic mass is 10.2. The molecule has 1 aromatic rings.